The van der Waals surface area contributed by atoms with E-state index in [0.717, 1.165) is 5.76 Å². The Hall–Kier alpha value is -2.86. The van der Waals surface area contributed by atoms with Gasteiger partial charge in [-0.1, -0.05) is 0 Å². The predicted octanol–water partition coefficient (Wildman–Crippen LogP) is 0.927. The van der Waals surface area contributed by atoms with Crippen molar-refractivity contribution in [1.29, 1.82) is 5.26 Å². The molecule has 0 bridgehead atoms. The third kappa shape index (κ3) is 6.77. The van der Waals surface area contributed by atoms with Gasteiger partial charge in [-0.25, -0.2) is 4.98 Å². The lowest BCUT2D eigenvalue weighted by Crippen LogP contribution is -2.21. The fourth-order valence-corrected chi connectivity index (χ4v) is 1.54. The molecule has 0 aliphatic heterocycles. The summed E-state index contributed by atoms with van der Waals surface area (Å²) >= 11 is 1.39. The summed E-state index contributed by atoms with van der Waals surface area (Å²) in [4.78, 5) is 10.8. The second kappa shape index (κ2) is 9.12. The van der Waals surface area contributed by atoms with Crippen molar-refractivity contribution in [2.45, 2.75) is 6.54 Å². The first kappa shape index (κ1) is 15.2. The van der Waals surface area contributed by atoms with Gasteiger partial charge in [-0.15, -0.1) is 11.3 Å². The summed E-state index contributed by atoms with van der Waals surface area (Å²) in [6.07, 6.45) is 6.20. The maximum absolute atomic E-state index is 8.01. The molecule has 104 valence electrons. The van der Waals surface area contributed by atoms with E-state index in [1.165, 1.54) is 17.7 Å². The minimum Gasteiger partial charge on any atom is -0.467 e. The van der Waals surface area contributed by atoms with Crippen LogP contribution in [-0.4, -0.2) is 17.3 Å². The average molecular weight is 291 g/mol. The van der Waals surface area contributed by atoms with E-state index in [9.17, 15) is 0 Å². The minimum absolute atomic E-state index is 0.0463. The highest BCUT2D eigenvalue weighted by Gasteiger charge is 1.90. The number of rotatable bonds is 4. The van der Waals surface area contributed by atoms with Gasteiger partial charge in [0, 0.05) is 11.6 Å². The van der Waals surface area contributed by atoms with Crippen molar-refractivity contribution in [3.05, 3.63) is 35.7 Å². The van der Waals surface area contributed by atoms with E-state index in [1.54, 1.807) is 24.7 Å². The van der Waals surface area contributed by atoms with E-state index >= 15 is 0 Å². The monoisotopic (exact) mass is 291 g/mol. The van der Waals surface area contributed by atoms with Crippen molar-refractivity contribution in [2.24, 2.45) is 21.5 Å². The number of furan rings is 1. The lowest BCUT2D eigenvalue weighted by molar-refractivity contribution is 0.504. The normalized spacial score (nSPS) is 9.35. The van der Waals surface area contributed by atoms with Crippen LogP contribution in [0.1, 0.15) is 5.76 Å². The predicted molar refractivity (Wildman–Crippen MR) is 77.2 cm³/mol. The minimum atomic E-state index is 0.0463. The van der Waals surface area contributed by atoms with Crippen molar-refractivity contribution in [1.82, 2.24) is 10.3 Å². The van der Waals surface area contributed by atoms with Crippen molar-refractivity contribution < 1.29 is 4.42 Å². The number of nitriles is 1. The Morgan fingerprint density at radius 2 is 2.45 bits per heavy atom. The number of nitrogens with one attached hydrogen (secondary N) is 1. The second-order valence-corrected chi connectivity index (χ2v) is 4.04. The summed E-state index contributed by atoms with van der Waals surface area (Å²) in [5.41, 5.74) is 10.2. The molecule has 0 fully saturated rings. The summed E-state index contributed by atoms with van der Waals surface area (Å²) in [7, 11) is 0. The zero-order chi connectivity index (χ0) is 14.6. The van der Waals surface area contributed by atoms with E-state index in [1.807, 2.05) is 11.4 Å². The van der Waals surface area contributed by atoms with Crippen molar-refractivity contribution >= 4 is 28.8 Å². The SMILES string of the molecule is N#CN=CNCc1ccco1.NC(N)=Nc1nccs1. The van der Waals surface area contributed by atoms with E-state index in [0.29, 0.717) is 11.7 Å². The molecular formula is C11H13N7OS. The number of aliphatic imine (C=N–C) groups is 2. The molecule has 0 radical (unpaired) electrons. The number of guanidine groups is 1. The van der Waals surface area contributed by atoms with Gasteiger partial charge in [-0.3, -0.25) is 0 Å². The Morgan fingerprint density at radius 1 is 1.60 bits per heavy atom. The first-order chi connectivity index (χ1) is 9.72. The summed E-state index contributed by atoms with van der Waals surface area (Å²) < 4.78 is 5.01. The number of nitrogens with two attached hydrogens (primary N) is 2. The first-order valence-electron chi connectivity index (χ1n) is 5.38. The fourth-order valence-electron chi connectivity index (χ4n) is 1.02. The Balaban J connectivity index is 0.000000204. The molecule has 0 aromatic carbocycles. The molecular weight excluding hydrogens is 278 g/mol. The lowest BCUT2D eigenvalue weighted by atomic mass is 10.4. The molecule has 2 heterocycles. The Labute approximate surface area is 119 Å². The number of thiazole rings is 1. The van der Waals surface area contributed by atoms with Crippen LogP contribution in [-0.2, 0) is 6.54 Å². The molecule has 0 saturated carbocycles. The fraction of sp³-hybridized carbons (Fsp3) is 0.0909. The molecule has 0 saturated heterocycles. The van der Waals surface area contributed by atoms with Crippen molar-refractivity contribution in [3.8, 4) is 6.19 Å². The van der Waals surface area contributed by atoms with Crippen LogP contribution >= 0.6 is 11.3 Å². The van der Waals surface area contributed by atoms with E-state index in [-0.39, 0.29) is 5.96 Å². The van der Waals surface area contributed by atoms with Gasteiger partial charge in [0.25, 0.3) is 0 Å². The quantitative estimate of drug-likeness (QED) is 0.435. The van der Waals surface area contributed by atoms with E-state index in [4.69, 9.17) is 21.1 Å². The van der Waals surface area contributed by atoms with Crippen LogP contribution in [0.25, 0.3) is 0 Å². The molecule has 20 heavy (non-hydrogen) atoms. The summed E-state index contributed by atoms with van der Waals surface area (Å²) in [6.45, 7) is 0.554. The zero-order valence-electron chi connectivity index (χ0n) is 10.4. The van der Waals surface area contributed by atoms with E-state index < -0.39 is 0 Å². The van der Waals surface area contributed by atoms with Gasteiger partial charge < -0.3 is 21.2 Å². The molecule has 0 amide bonds. The second-order valence-electron chi connectivity index (χ2n) is 3.17. The molecule has 2 rings (SSSR count). The van der Waals surface area contributed by atoms with Crippen LogP contribution in [0.2, 0.25) is 0 Å². The zero-order valence-corrected chi connectivity index (χ0v) is 11.2. The largest absolute Gasteiger partial charge is 0.467 e. The molecule has 9 heteroatoms. The molecule has 2 aromatic heterocycles. The van der Waals surface area contributed by atoms with Crippen LogP contribution in [0.15, 0.2) is 44.4 Å². The number of aromatic nitrogens is 1. The highest BCUT2D eigenvalue weighted by Crippen LogP contribution is 2.13. The van der Waals surface area contributed by atoms with Crippen LogP contribution in [0.4, 0.5) is 5.13 Å². The Morgan fingerprint density at radius 3 is 3.00 bits per heavy atom. The van der Waals surface area contributed by atoms with Crippen LogP contribution in [0.3, 0.4) is 0 Å². The number of hydrogen-bond donors (Lipinski definition) is 3. The van der Waals surface area contributed by atoms with Gasteiger partial charge in [-0.2, -0.15) is 15.2 Å². The van der Waals surface area contributed by atoms with Crippen LogP contribution in [0, 0.1) is 11.5 Å². The smallest absolute Gasteiger partial charge is 0.212 e. The molecule has 5 N–H and O–H groups in total. The lowest BCUT2D eigenvalue weighted by Gasteiger charge is -1.92. The Bertz CT molecular complexity index is 564. The molecule has 0 aliphatic rings. The van der Waals surface area contributed by atoms with Gasteiger partial charge in [-0.05, 0) is 12.1 Å². The Kier molecular flexibility index (Phi) is 6.93. The van der Waals surface area contributed by atoms with Gasteiger partial charge in [0.15, 0.2) is 5.96 Å². The molecule has 8 nitrogen and oxygen atoms in total. The van der Waals surface area contributed by atoms with Gasteiger partial charge in [0.2, 0.25) is 11.3 Å². The molecule has 2 aromatic rings. The van der Waals surface area contributed by atoms with E-state index in [2.05, 4.69) is 20.3 Å². The van der Waals surface area contributed by atoms with Crippen LogP contribution < -0.4 is 16.8 Å². The third-order valence-corrected chi connectivity index (χ3v) is 2.38. The van der Waals surface area contributed by atoms with Crippen molar-refractivity contribution in [3.63, 3.8) is 0 Å². The van der Waals surface area contributed by atoms with Gasteiger partial charge >= 0.3 is 0 Å². The standard InChI is InChI=1S/C7H7N3O.C4H6N4S/c8-5-10-6-9-4-7-2-1-3-11-7;5-3(6)8-4-7-1-2-9-4/h1-3,6H,4H2,(H,9,10);1-2H,(H4,5,6,7,8). The summed E-state index contributed by atoms with van der Waals surface area (Å²) in [6, 6.07) is 3.64. The molecule has 0 atom stereocenters. The summed E-state index contributed by atoms with van der Waals surface area (Å²) in [5.74, 6) is 0.860. The molecule has 0 unspecified atom stereocenters. The number of hydrogen-bond acceptors (Lipinski definition) is 6. The highest BCUT2D eigenvalue weighted by molar-refractivity contribution is 7.13. The highest BCUT2D eigenvalue weighted by atomic mass is 32.1. The van der Waals surface area contributed by atoms with Gasteiger partial charge in [0.1, 0.15) is 12.1 Å². The van der Waals surface area contributed by atoms with Gasteiger partial charge in [0.05, 0.1) is 12.8 Å². The van der Waals surface area contributed by atoms with Crippen LogP contribution in [0.5, 0.6) is 0 Å². The maximum atomic E-state index is 8.01. The first-order valence-corrected chi connectivity index (χ1v) is 6.26. The third-order valence-electron chi connectivity index (χ3n) is 1.71. The summed E-state index contributed by atoms with van der Waals surface area (Å²) in [5, 5.41) is 13.2. The number of nitrogens with zero attached hydrogens (tertiary/aromatic N) is 4. The maximum Gasteiger partial charge on any atom is 0.212 e. The topological polar surface area (TPSA) is 139 Å². The molecule has 0 aliphatic carbocycles. The molecule has 0 spiro atoms. The van der Waals surface area contributed by atoms with Crippen molar-refractivity contribution in [2.75, 3.05) is 0 Å². The average Bonchev–Trinajstić information content (AvgIpc) is 3.08.